The number of hydrogen-bond donors (Lipinski definition) is 1. The molecule has 0 unspecified atom stereocenters. The maximum Gasteiger partial charge on any atom is 0.130 e. The number of carbonyl (C=O) groups is 1. The van der Waals surface area contributed by atoms with Gasteiger partial charge in [0.05, 0.1) is 0 Å². The van der Waals surface area contributed by atoms with Gasteiger partial charge in [0.1, 0.15) is 5.78 Å². The van der Waals surface area contributed by atoms with Crippen LogP contribution in [-0.2, 0) is 4.79 Å². The van der Waals surface area contributed by atoms with Crippen molar-refractivity contribution in [3.05, 3.63) is 12.2 Å². The highest BCUT2D eigenvalue weighted by molar-refractivity contribution is 5.75. The standard InChI is InChI=1S/C9H16O2/c1-9(11)7-5-3-2-4-6-8-10/h2-3,10H,4-8H2,1H3/b3-2-. The summed E-state index contributed by atoms with van der Waals surface area (Å²) in [7, 11) is 0. The van der Waals surface area contributed by atoms with Gasteiger partial charge in [-0.2, -0.15) is 0 Å². The molecule has 0 saturated carbocycles. The summed E-state index contributed by atoms with van der Waals surface area (Å²) in [5, 5.41) is 8.42. The summed E-state index contributed by atoms with van der Waals surface area (Å²) in [6.07, 6.45) is 7.21. The average molecular weight is 156 g/mol. The molecular weight excluding hydrogens is 140 g/mol. The van der Waals surface area contributed by atoms with E-state index in [1.54, 1.807) is 6.92 Å². The van der Waals surface area contributed by atoms with Gasteiger partial charge in [-0.15, -0.1) is 0 Å². The fraction of sp³-hybridized carbons (Fsp3) is 0.667. The van der Waals surface area contributed by atoms with E-state index >= 15 is 0 Å². The molecule has 0 amide bonds. The molecule has 2 nitrogen and oxygen atoms in total. The largest absolute Gasteiger partial charge is 0.396 e. The van der Waals surface area contributed by atoms with Crippen molar-refractivity contribution >= 4 is 5.78 Å². The third-order valence-electron chi connectivity index (χ3n) is 1.36. The number of rotatable bonds is 6. The Kier molecular flexibility index (Phi) is 7.05. The highest BCUT2D eigenvalue weighted by Gasteiger charge is 1.87. The topological polar surface area (TPSA) is 37.3 Å². The summed E-state index contributed by atoms with van der Waals surface area (Å²) in [4.78, 5) is 10.5. The van der Waals surface area contributed by atoms with Gasteiger partial charge >= 0.3 is 0 Å². The van der Waals surface area contributed by atoms with Gasteiger partial charge < -0.3 is 9.90 Å². The van der Waals surface area contributed by atoms with Crippen LogP contribution in [0.1, 0.15) is 32.6 Å². The molecule has 0 radical (unpaired) electrons. The maximum absolute atomic E-state index is 10.5. The lowest BCUT2D eigenvalue weighted by Gasteiger charge is -1.89. The molecular formula is C9H16O2. The molecule has 0 aliphatic rings. The Morgan fingerprint density at radius 2 is 2.00 bits per heavy atom. The fourth-order valence-corrected chi connectivity index (χ4v) is 0.731. The number of unbranched alkanes of at least 4 members (excludes halogenated alkanes) is 1. The smallest absolute Gasteiger partial charge is 0.130 e. The molecule has 0 aromatic heterocycles. The van der Waals surface area contributed by atoms with Crippen LogP contribution in [0.25, 0.3) is 0 Å². The second kappa shape index (κ2) is 7.48. The number of aliphatic hydroxyl groups is 1. The summed E-state index contributed by atoms with van der Waals surface area (Å²) >= 11 is 0. The second-order valence-electron chi connectivity index (χ2n) is 2.58. The summed E-state index contributed by atoms with van der Waals surface area (Å²) < 4.78 is 0. The molecule has 11 heavy (non-hydrogen) atoms. The number of ketones is 1. The molecule has 1 N–H and O–H groups in total. The van der Waals surface area contributed by atoms with Crippen molar-refractivity contribution < 1.29 is 9.90 Å². The highest BCUT2D eigenvalue weighted by atomic mass is 16.2. The number of aliphatic hydroxyl groups excluding tert-OH is 1. The zero-order chi connectivity index (χ0) is 8.53. The van der Waals surface area contributed by atoms with E-state index in [0.29, 0.717) is 6.42 Å². The summed E-state index contributed by atoms with van der Waals surface area (Å²) in [6.45, 7) is 1.85. The summed E-state index contributed by atoms with van der Waals surface area (Å²) in [5.74, 6) is 0.233. The highest BCUT2D eigenvalue weighted by Crippen LogP contribution is 1.95. The molecule has 0 fully saturated rings. The van der Waals surface area contributed by atoms with Crippen molar-refractivity contribution in [2.45, 2.75) is 32.6 Å². The predicted molar refractivity (Wildman–Crippen MR) is 45.4 cm³/mol. The molecule has 0 saturated heterocycles. The zero-order valence-electron chi connectivity index (χ0n) is 7.05. The monoisotopic (exact) mass is 156 g/mol. The Balaban J connectivity index is 3.10. The molecule has 0 aliphatic carbocycles. The molecule has 0 rings (SSSR count). The van der Waals surface area contributed by atoms with Gasteiger partial charge in [0.25, 0.3) is 0 Å². The lowest BCUT2D eigenvalue weighted by molar-refractivity contribution is -0.116. The minimum atomic E-state index is 0.233. The van der Waals surface area contributed by atoms with Gasteiger partial charge in [0, 0.05) is 13.0 Å². The van der Waals surface area contributed by atoms with E-state index in [9.17, 15) is 4.79 Å². The summed E-state index contributed by atoms with van der Waals surface area (Å²) in [5.41, 5.74) is 0. The van der Waals surface area contributed by atoms with Crippen molar-refractivity contribution in [1.82, 2.24) is 0 Å². The molecule has 2 heteroatoms. The quantitative estimate of drug-likeness (QED) is 0.469. The summed E-state index contributed by atoms with van der Waals surface area (Å²) in [6, 6.07) is 0. The van der Waals surface area contributed by atoms with Crippen molar-refractivity contribution in [3.63, 3.8) is 0 Å². The maximum atomic E-state index is 10.5. The second-order valence-corrected chi connectivity index (χ2v) is 2.58. The minimum Gasteiger partial charge on any atom is -0.396 e. The van der Waals surface area contributed by atoms with E-state index in [-0.39, 0.29) is 12.4 Å². The number of carbonyl (C=O) groups excluding carboxylic acids is 1. The van der Waals surface area contributed by atoms with Crippen molar-refractivity contribution in [2.24, 2.45) is 0 Å². The average Bonchev–Trinajstić information content (AvgIpc) is 1.96. The first-order valence-corrected chi connectivity index (χ1v) is 4.02. The van der Waals surface area contributed by atoms with E-state index < -0.39 is 0 Å². The fourth-order valence-electron chi connectivity index (χ4n) is 0.731. The lowest BCUT2D eigenvalue weighted by atomic mass is 10.2. The molecule has 0 aliphatic heterocycles. The van der Waals surface area contributed by atoms with Crippen molar-refractivity contribution in [2.75, 3.05) is 6.61 Å². The molecule has 0 heterocycles. The molecule has 0 spiro atoms. The molecule has 64 valence electrons. The third kappa shape index (κ3) is 9.37. The van der Waals surface area contributed by atoms with E-state index in [1.807, 2.05) is 12.2 Å². The first kappa shape index (κ1) is 10.4. The van der Waals surface area contributed by atoms with Crippen LogP contribution in [0.5, 0.6) is 0 Å². The van der Waals surface area contributed by atoms with Gasteiger partial charge in [-0.05, 0) is 26.2 Å². The molecule has 0 aromatic rings. The Bertz CT molecular complexity index is 128. The van der Waals surface area contributed by atoms with Crippen LogP contribution in [0, 0.1) is 0 Å². The Hall–Kier alpha value is -0.630. The van der Waals surface area contributed by atoms with Gasteiger partial charge in [-0.1, -0.05) is 12.2 Å². The number of Topliss-reactive ketones (excluding diaryl/α,β-unsaturated/α-hetero) is 1. The SMILES string of the molecule is CC(=O)CC/C=C\CCCO. The van der Waals surface area contributed by atoms with Crippen LogP contribution in [0.3, 0.4) is 0 Å². The van der Waals surface area contributed by atoms with Crippen molar-refractivity contribution in [1.29, 1.82) is 0 Å². The third-order valence-corrected chi connectivity index (χ3v) is 1.36. The minimum absolute atomic E-state index is 0.233. The van der Waals surface area contributed by atoms with E-state index in [2.05, 4.69) is 0 Å². The van der Waals surface area contributed by atoms with E-state index in [4.69, 9.17) is 5.11 Å². The van der Waals surface area contributed by atoms with E-state index in [0.717, 1.165) is 19.3 Å². The van der Waals surface area contributed by atoms with Gasteiger partial charge in [0.15, 0.2) is 0 Å². The lowest BCUT2D eigenvalue weighted by Crippen LogP contribution is -1.86. The Morgan fingerprint density at radius 1 is 1.36 bits per heavy atom. The molecule has 0 aromatic carbocycles. The van der Waals surface area contributed by atoms with Crippen LogP contribution >= 0.6 is 0 Å². The normalized spacial score (nSPS) is 10.7. The van der Waals surface area contributed by atoms with Crippen LogP contribution in [0.4, 0.5) is 0 Å². The van der Waals surface area contributed by atoms with E-state index in [1.165, 1.54) is 0 Å². The molecule has 0 atom stereocenters. The Labute approximate surface area is 67.9 Å². The van der Waals surface area contributed by atoms with Gasteiger partial charge in [0.2, 0.25) is 0 Å². The van der Waals surface area contributed by atoms with Crippen LogP contribution in [0.15, 0.2) is 12.2 Å². The van der Waals surface area contributed by atoms with Gasteiger partial charge in [-0.25, -0.2) is 0 Å². The zero-order valence-corrected chi connectivity index (χ0v) is 7.05. The van der Waals surface area contributed by atoms with Crippen LogP contribution < -0.4 is 0 Å². The van der Waals surface area contributed by atoms with Crippen molar-refractivity contribution in [3.8, 4) is 0 Å². The predicted octanol–water partition coefficient (Wildman–Crippen LogP) is 1.68. The first-order valence-electron chi connectivity index (χ1n) is 4.02. The van der Waals surface area contributed by atoms with Gasteiger partial charge in [-0.3, -0.25) is 0 Å². The Morgan fingerprint density at radius 3 is 2.55 bits per heavy atom. The first-order chi connectivity index (χ1) is 5.27. The number of allylic oxidation sites excluding steroid dienone is 2. The van der Waals surface area contributed by atoms with Crippen LogP contribution in [0.2, 0.25) is 0 Å². The van der Waals surface area contributed by atoms with Crippen LogP contribution in [-0.4, -0.2) is 17.5 Å². The molecule has 0 bridgehead atoms. The number of hydrogen-bond acceptors (Lipinski definition) is 2.